The van der Waals surface area contributed by atoms with Gasteiger partial charge in [0.05, 0.1) is 11.9 Å². The molecule has 26 heavy (non-hydrogen) atoms. The molecular weight excluding hydrogens is 328 g/mol. The Bertz CT molecular complexity index is 897. The van der Waals surface area contributed by atoms with Crippen LogP contribution < -0.4 is 21.3 Å². The predicted octanol–water partition coefficient (Wildman–Crippen LogP) is 3.23. The molecule has 2 heterocycles. The molecule has 0 atom stereocenters. The number of carbonyl (C=O) groups excluding carboxylic acids is 1. The number of anilines is 3. The summed E-state index contributed by atoms with van der Waals surface area (Å²) in [5, 5.41) is 14.0. The second-order valence-corrected chi connectivity index (χ2v) is 5.77. The van der Waals surface area contributed by atoms with Crippen molar-refractivity contribution < 1.29 is 4.79 Å². The van der Waals surface area contributed by atoms with E-state index in [1.807, 2.05) is 38.2 Å². The van der Waals surface area contributed by atoms with Crippen LogP contribution in [0.25, 0.3) is 10.8 Å². The van der Waals surface area contributed by atoms with Crippen LogP contribution >= 0.6 is 0 Å². The molecule has 0 spiro atoms. The van der Waals surface area contributed by atoms with Crippen molar-refractivity contribution in [2.75, 3.05) is 24.2 Å². The SMILES string of the molecule is CCNC(=O)Nc1cc2c(CNC)ccc(Nc3cccnc3)c2cn1. The molecule has 2 aromatic heterocycles. The molecule has 4 N–H and O–H groups in total. The second-order valence-electron chi connectivity index (χ2n) is 5.77. The number of aromatic nitrogens is 2. The van der Waals surface area contributed by atoms with Crippen LogP contribution in [-0.2, 0) is 6.54 Å². The first kappa shape index (κ1) is 17.6. The molecule has 134 valence electrons. The van der Waals surface area contributed by atoms with E-state index < -0.39 is 0 Å². The van der Waals surface area contributed by atoms with Crippen molar-refractivity contribution in [2.24, 2.45) is 0 Å². The lowest BCUT2D eigenvalue weighted by Gasteiger charge is -2.14. The number of fused-ring (bicyclic) bond motifs is 1. The standard InChI is InChI=1S/C19H22N6O/c1-3-22-19(26)25-18-9-15-13(10-20-2)6-7-17(16(15)12-23-18)24-14-5-4-8-21-11-14/h4-9,11-12,20,24H,3,10H2,1-2H3,(H2,22,23,25,26). The highest BCUT2D eigenvalue weighted by Gasteiger charge is 2.10. The van der Waals surface area contributed by atoms with Gasteiger partial charge in [0.25, 0.3) is 0 Å². The zero-order valence-electron chi connectivity index (χ0n) is 14.8. The summed E-state index contributed by atoms with van der Waals surface area (Å²) in [6.07, 6.45) is 5.28. The third-order valence-electron chi connectivity index (χ3n) is 3.88. The molecule has 0 aliphatic heterocycles. The highest BCUT2D eigenvalue weighted by atomic mass is 16.2. The minimum absolute atomic E-state index is 0.265. The molecule has 0 aliphatic rings. The maximum absolute atomic E-state index is 11.8. The first-order valence-corrected chi connectivity index (χ1v) is 8.49. The first-order valence-electron chi connectivity index (χ1n) is 8.49. The molecule has 1 aromatic carbocycles. The van der Waals surface area contributed by atoms with Gasteiger partial charge in [0.15, 0.2) is 0 Å². The van der Waals surface area contributed by atoms with Gasteiger partial charge in [-0.2, -0.15) is 0 Å². The van der Waals surface area contributed by atoms with Crippen LogP contribution in [0.2, 0.25) is 0 Å². The maximum Gasteiger partial charge on any atom is 0.320 e. The van der Waals surface area contributed by atoms with Crippen LogP contribution in [0.3, 0.4) is 0 Å². The molecular formula is C19H22N6O. The summed E-state index contributed by atoms with van der Waals surface area (Å²) in [5.74, 6) is 0.513. The fourth-order valence-electron chi connectivity index (χ4n) is 2.73. The Morgan fingerprint density at radius 2 is 2.04 bits per heavy atom. The van der Waals surface area contributed by atoms with E-state index in [9.17, 15) is 4.79 Å². The van der Waals surface area contributed by atoms with E-state index in [4.69, 9.17) is 0 Å². The van der Waals surface area contributed by atoms with Crippen molar-refractivity contribution in [3.63, 3.8) is 0 Å². The van der Waals surface area contributed by atoms with Crippen molar-refractivity contribution in [1.29, 1.82) is 0 Å². The number of benzene rings is 1. The highest BCUT2D eigenvalue weighted by molar-refractivity contribution is 5.99. The molecule has 7 nitrogen and oxygen atoms in total. The number of amides is 2. The van der Waals surface area contributed by atoms with Crippen molar-refractivity contribution in [3.05, 3.63) is 54.5 Å². The number of pyridine rings is 2. The summed E-state index contributed by atoms with van der Waals surface area (Å²) in [6.45, 7) is 3.15. The Labute approximate surface area is 152 Å². The van der Waals surface area contributed by atoms with Crippen LogP contribution in [0.1, 0.15) is 12.5 Å². The third-order valence-corrected chi connectivity index (χ3v) is 3.88. The fourth-order valence-corrected chi connectivity index (χ4v) is 2.73. The number of urea groups is 1. The van der Waals surface area contributed by atoms with Crippen molar-refractivity contribution in [3.8, 4) is 0 Å². The average Bonchev–Trinajstić information content (AvgIpc) is 2.65. The summed E-state index contributed by atoms with van der Waals surface area (Å²) in [6, 6.07) is 9.56. The number of nitrogens with one attached hydrogen (secondary N) is 4. The summed E-state index contributed by atoms with van der Waals surface area (Å²) >= 11 is 0. The molecule has 0 saturated carbocycles. The molecule has 3 rings (SSSR count). The van der Waals surface area contributed by atoms with E-state index in [0.717, 1.165) is 27.7 Å². The van der Waals surface area contributed by atoms with Crippen molar-refractivity contribution >= 4 is 34.0 Å². The number of rotatable bonds is 6. The average molecular weight is 350 g/mol. The van der Waals surface area contributed by atoms with Gasteiger partial charge in [0.2, 0.25) is 0 Å². The van der Waals surface area contributed by atoms with Crippen molar-refractivity contribution in [1.82, 2.24) is 20.6 Å². The van der Waals surface area contributed by atoms with E-state index in [2.05, 4.69) is 37.3 Å². The smallest absolute Gasteiger partial charge is 0.320 e. The van der Waals surface area contributed by atoms with E-state index in [1.165, 1.54) is 0 Å². The van der Waals surface area contributed by atoms with E-state index in [-0.39, 0.29) is 6.03 Å². The Morgan fingerprint density at radius 1 is 1.15 bits per heavy atom. The quantitative estimate of drug-likeness (QED) is 0.548. The van der Waals surface area contributed by atoms with Gasteiger partial charge in [-0.15, -0.1) is 0 Å². The van der Waals surface area contributed by atoms with Crippen LogP contribution in [0, 0.1) is 0 Å². The summed E-state index contributed by atoms with van der Waals surface area (Å²) < 4.78 is 0. The predicted molar refractivity (Wildman–Crippen MR) is 105 cm³/mol. The van der Waals surface area contributed by atoms with Gasteiger partial charge in [-0.1, -0.05) is 6.07 Å². The molecule has 0 saturated heterocycles. The number of hydrogen-bond donors (Lipinski definition) is 4. The first-order chi connectivity index (χ1) is 12.7. The Hall–Kier alpha value is -3.19. The molecule has 2 amide bonds. The van der Waals surface area contributed by atoms with Crippen LogP contribution in [0.15, 0.2) is 48.9 Å². The monoisotopic (exact) mass is 350 g/mol. The number of carbonyl (C=O) groups is 1. The zero-order valence-corrected chi connectivity index (χ0v) is 14.8. The summed E-state index contributed by atoms with van der Waals surface area (Å²) in [5.41, 5.74) is 2.96. The van der Waals surface area contributed by atoms with Gasteiger partial charge in [-0.25, -0.2) is 9.78 Å². The van der Waals surface area contributed by atoms with Crippen LogP contribution in [-0.4, -0.2) is 29.6 Å². The van der Waals surface area contributed by atoms with Crippen LogP contribution in [0.4, 0.5) is 22.0 Å². The number of hydrogen-bond acceptors (Lipinski definition) is 5. The fraction of sp³-hybridized carbons (Fsp3) is 0.211. The highest BCUT2D eigenvalue weighted by Crippen LogP contribution is 2.30. The van der Waals surface area contributed by atoms with Gasteiger partial charge in [0.1, 0.15) is 5.82 Å². The minimum Gasteiger partial charge on any atom is -0.354 e. The molecule has 0 aliphatic carbocycles. The second kappa shape index (κ2) is 8.26. The molecule has 3 aromatic rings. The molecule has 7 heteroatoms. The zero-order chi connectivity index (χ0) is 18.4. The molecule has 0 unspecified atom stereocenters. The van der Waals surface area contributed by atoms with Gasteiger partial charge >= 0.3 is 6.03 Å². The lowest BCUT2D eigenvalue weighted by Crippen LogP contribution is -2.28. The van der Waals surface area contributed by atoms with Gasteiger partial charge < -0.3 is 16.0 Å². The van der Waals surface area contributed by atoms with Crippen LogP contribution in [0.5, 0.6) is 0 Å². The molecule has 0 radical (unpaired) electrons. The Morgan fingerprint density at radius 3 is 2.77 bits per heavy atom. The molecule has 0 bridgehead atoms. The van der Waals surface area contributed by atoms with Gasteiger partial charge in [0, 0.05) is 36.6 Å². The Balaban J connectivity index is 2.00. The minimum atomic E-state index is -0.265. The lowest BCUT2D eigenvalue weighted by molar-refractivity contribution is 0.252. The normalized spacial score (nSPS) is 10.5. The maximum atomic E-state index is 11.8. The van der Waals surface area contributed by atoms with Gasteiger partial charge in [-0.3, -0.25) is 10.3 Å². The summed E-state index contributed by atoms with van der Waals surface area (Å²) in [7, 11) is 1.91. The number of nitrogens with zero attached hydrogens (tertiary/aromatic N) is 2. The lowest BCUT2D eigenvalue weighted by atomic mass is 10.0. The van der Waals surface area contributed by atoms with E-state index in [1.54, 1.807) is 18.6 Å². The largest absolute Gasteiger partial charge is 0.354 e. The summed E-state index contributed by atoms with van der Waals surface area (Å²) in [4.78, 5) is 20.3. The third kappa shape index (κ3) is 4.07. The molecule has 0 fully saturated rings. The van der Waals surface area contributed by atoms with Crippen molar-refractivity contribution in [2.45, 2.75) is 13.5 Å². The van der Waals surface area contributed by atoms with E-state index in [0.29, 0.717) is 18.9 Å². The topological polar surface area (TPSA) is 91.0 Å². The van der Waals surface area contributed by atoms with E-state index >= 15 is 0 Å². The Kier molecular flexibility index (Phi) is 5.60. The van der Waals surface area contributed by atoms with Gasteiger partial charge in [-0.05, 0) is 49.2 Å².